The quantitative estimate of drug-likeness (QED) is 0.859. The normalized spacial score (nSPS) is 18.3. The van der Waals surface area contributed by atoms with Crippen LogP contribution in [0, 0.1) is 31.1 Å². The molecule has 2 saturated carbocycles. The van der Waals surface area contributed by atoms with Crippen LogP contribution in [0.3, 0.4) is 0 Å². The van der Waals surface area contributed by atoms with Crippen molar-refractivity contribution in [1.29, 1.82) is 0 Å². The third kappa shape index (κ3) is 2.63. The van der Waals surface area contributed by atoms with Crippen LogP contribution >= 0.6 is 0 Å². The van der Waals surface area contributed by atoms with Crippen LogP contribution in [0.25, 0.3) is 5.57 Å². The van der Waals surface area contributed by atoms with Gasteiger partial charge in [-0.25, -0.2) is 0 Å². The van der Waals surface area contributed by atoms with Crippen molar-refractivity contribution in [3.63, 3.8) is 0 Å². The maximum absolute atomic E-state index is 9.59. The van der Waals surface area contributed by atoms with Crippen molar-refractivity contribution in [2.45, 2.75) is 12.8 Å². The minimum atomic E-state index is 0.268. The van der Waals surface area contributed by atoms with E-state index >= 15 is 0 Å². The first-order valence-electron chi connectivity index (χ1n) is 7.79. The number of allylic oxidation sites excluding steroid dienone is 1. The number of phenols is 2. The standard InChI is InChI=1S/C21H17O2/c22-17-9-4-15(5-10-17)21(16-6-11-18(23)12-7-16)20-13-8-14-2-1-3-19(14)20/h1-7,9-12,22-23H,8,13H2. The Morgan fingerprint density at radius 1 is 0.696 bits per heavy atom. The Morgan fingerprint density at radius 3 is 1.83 bits per heavy atom. The molecule has 5 radical (unpaired) electrons. The van der Waals surface area contributed by atoms with Gasteiger partial charge in [0.25, 0.3) is 0 Å². The lowest BCUT2D eigenvalue weighted by Crippen LogP contribution is -2.00. The van der Waals surface area contributed by atoms with Gasteiger partial charge >= 0.3 is 0 Å². The largest absolute Gasteiger partial charge is 0.508 e. The molecular weight excluding hydrogens is 284 g/mol. The summed E-state index contributed by atoms with van der Waals surface area (Å²) in [5.74, 6) is 3.25. The topological polar surface area (TPSA) is 40.5 Å². The third-order valence-electron chi connectivity index (χ3n) is 4.49. The Bertz CT molecular complexity index is 678. The number of hydrogen-bond donors (Lipinski definition) is 2. The fraction of sp³-hybridized carbons (Fsp3) is 0.0952. The summed E-state index contributed by atoms with van der Waals surface area (Å²) in [4.78, 5) is 0. The predicted molar refractivity (Wildman–Crippen MR) is 90.9 cm³/mol. The molecule has 113 valence electrons. The van der Waals surface area contributed by atoms with E-state index in [1.165, 1.54) is 23.0 Å². The minimum absolute atomic E-state index is 0.268. The van der Waals surface area contributed by atoms with E-state index in [0.717, 1.165) is 24.0 Å². The summed E-state index contributed by atoms with van der Waals surface area (Å²) in [6.07, 6.45) is 8.56. The molecule has 0 unspecified atom stereocenters. The van der Waals surface area contributed by atoms with Gasteiger partial charge < -0.3 is 10.2 Å². The summed E-state index contributed by atoms with van der Waals surface area (Å²) in [5, 5.41) is 19.2. The third-order valence-corrected chi connectivity index (χ3v) is 4.49. The average Bonchev–Trinajstić information content (AvgIpc) is 3.16. The molecule has 0 bridgehead atoms. The van der Waals surface area contributed by atoms with Crippen molar-refractivity contribution >= 4 is 5.57 Å². The lowest BCUT2D eigenvalue weighted by Gasteiger charge is -2.17. The monoisotopic (exact) mass is 301 g/mol. The first-order chi connectivity index (χ1) is 11.2. The number of aromatic hydroxyl groups is 2. The van der Waals surface area contributed by atoms with E-state index < -0.39 is 0 Å². The molecule has 2 aromatic carbocycles. The predicted octanol–water partition coefficient (Wildman–Crippen LogP) is 4.47. The number of rotatable bonds is 2. The lowest BCUT2D eigenvalue weighted by atomic mass is 9.86. The molecule has 0 amide bonds. The van der Waals surface area contributed by atoms with Gasteiger partial charge in [0.2, 0.25) is 0 Å². The van der Waals surface area contributed by atoms with Crippen LogP contribution in [0.15, 0.2) is 54.1 Å². The maximum Gasteiger partial charge on any atom is 0.115 e. The molecule has 2 fully saturated rings. The molecule has 2 nitrogen and oxygen atoms in total. The highest BCUT2D eigenvalue weighted by molar-refractivity contribution is 5.87. The van der Waals surface area contributed by atoms with Crippen molar-refractivity contribution in [3.05, 3.63) is 96.3 Å². The van der Waals surface area contributed by atoms with Crippen molar-refractivity contribution in [3.8, 4) is 11.5 Å². The van der Waals surface area contributed by atoms with E-state index in [1.54, 1.807) is 24.3 Å². The first-order valence-corrected chi connectivity index (χ1v) is 7.79. The van der Waals surface area contributed by atoms with E-state index in [0.29, 0.717) is 0 Å². The average molecular weight is 301 g/mol. The number of fused-ring (bicyclic) bond motifs is 1. The van der Waals surface area contributed by atoms with Gasteiger partial charge in [-0.1, -0.05) is 29.8 Å². The summed E-state index contributed by atoms with van der Waals surface area (Å²) in [7, 11) is 0. The molecule has 0 saturated heterocycles. The highest BCUT2D eigenvalue weighted by Gasteiger charge is 2.38. The van der Waals surface area contributed by atoms with E-state index in [9.17, 15) is 10.2 Å². The number of hydrogen-bond acceptors (Lipinski definition) is 2. The van der Waals surface area contributed by atoms with Crippen molar-refractivity contribution < 1.29 is 10.2 Å². The van der Waals surface area contributed by atoms with Gasteiger partial charge in [0.05, 0.1) is 0 Å². The molecule has 0 atom stereocenters. The smallest absolute Gasteiger partial charge is 0.115 e. The SMILES string of the molecule is Oc1ccc(C(=C2CC[C]3[CH][CH][CH][C]32)c2ccc(O)cc2)cc1. The molecule has 23 heavy (non-hydrogen) atoms. The van der Waals surface area contributed by atoms with Gasteiger partial charge in [-0.3, -0.25) is 0 Å². The second kappa shape index (κ2) is 5.77. The molecule has 2 N–H and O–H groups in total. The zero-order valence-corrected chi connectivity index (χ0v) is 12.7. The van der Waals surface area contributed by atoms with Gasteiger partial charge in [0.15, 0.2) is 0 Å². The molecule has 0 heterocycles. The van der Waals surface area contributed by atoms with Crippen LogP contribution in [0.1, 0.15) is 24.0 Å². The summed E-state index contributed by atoms with van der Waals surface area (Å²) >= 11 is 0. The Balaban J connectivity index is 1.87. The Morgan fingerprint density at radius 2 is 1.26 bits per heavy atom. The van der Waals surface area contributed by atoms with Gasteiger partial charge in [-0.15, -0.1) is 0 Å². The number of phenolic OH excluding ortho intramolecular Hbond substituents is 2. The molecular formula is C21H17O2. The maximum atomic E-state index is 9.59. The summed E-state index contributed by atoms with van der Waals surface area (Å²) < 4.78 is 0. The zero-order valence-electron chi connectivity index (χ0n) is 12.7. The lowest BCUT2D eigenvalue weighted by molar-refractivity contribution is 0.475. The molecule has 0 spiro atoms. The van der Waals surface area contributed by atoms with Crippen molar-refractivity contribution in [2.75, 3.05) is 0 Å². The Kier molecular flexibility index (Phi) is 3.60. The summed E-state index contributed by atoms with van der Waals surface area (Å²) in [6, 6.07) is 14.7. The molecule has 2 aliphatic rings. The highest BCUT2D eigenvalue weighted by Crippen LogP contribution is 2.52. The van der Waals surface area contributed by atoms with Gasteiger partial charge in [0, 0.05) is 5.92 Å². The van der Waals surface area contributed by atoms with Crippen LogP contribution in [0.2, 0.25) is 0 Å². The van der Waals surface area contributed by atoms with Crippen molar-refractivity contribution in [2.24, 2.45) is 0 Å². The molecule has 2 aromatic rings. The van der Waals surface area contributed by atoms with Gasteiger partial charge in [0.1, 0.15) is 11.5 Å². The fourth-order valence-electron chi connectivity index (χ4n) is 3.40. The van der Waals surface area contributed by atoms with Gasteiger partial charge in [-0.2, -0.15) is 0 Å². The number of benzene rings is 2. The van der Waals surface area contributed by atoms with Crippen LogP contribution in [0.4, 0.5) is 0 Å². The van der Waals surface area contributed by atoms with Crippen LogP contribution in [0.5, 0.6) is 11.5 Å². The molecule has 4 rings (SSSR count). The summed E-state index contributed by atoms with van der Waals surface area (Å²) in [6.45, 7) is 0. The van der Waals surface area contributed by atoms with Crippen LogP contribution in [-0.2, 0) is 0 Å². The van der Waals surface area contributed by atoms with E-state index in [-0.39, 0.29) is 11.5 Å². The second-order valence-electron chi connectivity index (χ2n) is 5.91. The van der Waals surface area contributed by atoms with Crippen LogP contribution < -0.4 is 0 Å². The van der Waals surface area contributed by atoms with E-state index in [1.807, 2.05) is 24.3 Å². The fourth-order valence-corrected chi connectivity index (χ4v) is 3.40. The summed E-state index contributed by atoms with van der Waals surface area (Å²) in [5.41, 5.74) is 4.67. The van der Waals surface area contributed by atoms with E-state index in [4.69, 9.17) is 0 Å². The second-order valence-corrected chi connectivity index (χ2v) is 5.91. The van der Waals surface area contributed by atoms with Crippen molar-refractivity contribution in [1.82, 2.24) is 0 Å². The Hall–Kier alpha value is -2.22. The van der Waals surface area contributed by atoms with Gasteiger partial charge in [-0.05, 0) is 79.0 Å². The zero-order chi connectivity index (χ0) is 15.8. The highest BCUT2D eigenvalue weighted by atomic mass is 16.3. The van der Waals surface area contributed by atoms with E-state index in [2.05, 4.69) is 19.3 Å². The first kappa shape index (κ1) is 14.4. The molecule has 0 aliphatic heterocycles. The molecule has 2 aliphatic carbocycles. The molecule has 2 heteroatoms. The Labute approximate surface area is 137 Å². The molecule has 0 aromatic heterocycles. The minimum Gasteiger partial charge on any atom is -0.508 e. The van der Waals surface area contributed by atoms with Crippen LogP contribution in [-0.4, -0.2) is 10.2 Å².